The van der Waals surface area contributed by atoms with Gasteiger partial charge < -0.3 is 20.6 Å². The summed E-state index contributed by atoms with van der Waals surface area (Å²) in [6, 6.07) is 6.09. The van der Waals surface area contributed by atoms with Crippen molar-refractivity contribution in [3.05, 3.63) is 56.9 Å². The topological polar surface area (TPSA) is 81.7 Å². The van der Waals surface area contributed by atoms with Gasteiger partial charge in [0, 0.05) is 17.0 Å². The van der Waals surface area contributed by atoms with E-state index < -0.39 is 34.6 Å². The molecule has 160 valence electrons. The number of anilines is 2. The highest BCUT2D eigenvalue weighted by Crippen LogP contribution is 2.32. The van der Waals surface area contributed by atoms with Gasteiger partial charge in [-0.05, 0) is 59.3 Å². The minimum Gasteiger partial charge on any atom is -0.386 e. The SMILES string of the molecule is CC(=O)NCCC1(O)CN(C(=O)c2ccc(F)c(F)c2Nc2ccc(I)cc2F)C1. The summed E-state index contributed by atoms with van der Waals surface area (Å²) in [5.41, 5.74) is -1.94. The lowest BCUT2D eigenvalue weighted by Gasteiger charge is -2.46. The average Bonchev–Trinajstić information content (AvgIpc) is 2.64. The normalized spacial score (nSPS) is 14.8. The van der Waals surface area contributed by atoms with Gasteiger partial charge in [0.2, 0.25) is 5.91 Å². The number of carbonyl (C=O) groups excluding carboxylic acids is 2. The lowest BCUT2D eigenvalue weighted by Crippen LogP contribution is -2.64. The molecule has 1 heterocycles. The van der Waals surface area contributed by atoms with Crippen molar-refractivity contribution >= 4 is 45.8 Å². The fourth-order valence-corrected chi connectivity index (χ4v) is 3.64. The van der Waals surface area contributed by atoms with Crippen LogP contribution >= 0.6 is 22.6 Å². The number of rotatable bonds is 6. The van der Waals surface area contributed by atoms with Gasteiger partial charge in [-0.1, -0.05) is 0 Å². The Morgan fingerprint density at radius 3 is 2.50 bits per heavy atom. The van der Waals surface area contributed by atoms with E-state index in [0.29, 0.717) is 3.57 Å². The number of halogens is 4. The molecule has 0 aliphatic carbocycles. The fourth-order valence-electron chi connectivity index (χ4n) is 3.18. The quantitative estimate of drug-likeness (QED) is 0.499. The zero-order valence-electron chi connectivity index (χ0n) is 15.9. The number of nitrogens with zero attached hydrogens (tertiary/aromatic N) is 1. The number of hydrogen-bond acceptors (Lipinski definition) is 4. The highest BCUT2D eigenvalue weighted by Gasteiger charge is 2.44. The Bertz CT molecular complexity index is 997. The monoisotopic (exact) mass is 533 g/mol. The van der Waals surface area contributed by atoms with Crippen LogP contribution in [0.2, 0.25) is 0 Å². The van der Waals surface area contributed by atoms with E-state index in [1.165, 1.54) is 24.0 Å². The van der Waals surface area contributed by atoms with Crippen LogP contribution in [0.5, 0.6) is 0 Å². The number of carbonyl (C=O) groups is 2. The van der Waals surface area contributed by atoms with E-state index in [0.717, 1.165) is 12.1 Å². The molecule has 0 atom stereocenters. The second-order valence-corrected chi connectivity index (χ2v) is 8.40. The van der Waals surface area contributed by atoms with Crippen molar-refractivity contribution in [2.24, 2.45) is 0 Å². The zero-order chi connectivity index (χ0) is 22.1. The summed E-state index contributed by atoms with van der Waals surface area (Å²) in [4.78, 5) is 25.0. The Labute approximate surface area is 184 Å². The summed E-state index contributed by atoms with van der Waals surface area (Å²) in [6.45, 7) is 1.55. The lowest BCUT2D eigenvalue weighted by molar-refractivity contribution is -0.119. The van der Waals surface area contributed by atoms with E-state index in [1.54, 1.807) is 6.07 Å². The van der Waals surface area contributed by atoms with Crippen molar-refractivity contribution in [3.63, 3.8) is 0 Å². The lowest BCUT2D eigenvalue weighted by atomic mass is 9.89. The minimum absolute atomic E-state index is 0.0260. The molecular weight excluding hydrogens is 514 g/mol. The third-order valence-corrected chi connectivity index (χ3v) is 5.41. The maximum absolute atomic E-state index is 14.5. The average molecular weight is 533 g/mol. The summed E-state index contributed by atoms with van der Waals surface area (Å²) in [6.07, 6.45) is 0.243. The van der Waals surface area contributed by atoms with Crippen molar-refractivity contribution in [1.82, 2.24) is 10.2 Å². The summed E-state index contributed by atoms with van der Waals surface area (Å²) < 4.78 is 43.1. The molecule has 0 aromatic heterocycles. The van der Waals surface area contributed by atoms with Gasteiger partial charge in [-0.3, -0.25) is 9.59 Å². The first-order valence-corrected chi connectivity index (χ1v) is 10.1. The smallest absolute Gasteiger partial charge is 0.256 e. The van der Waals surface area contributed by atoms with Crippen LogP contribution in [0, 0.1) is 21.0 Å². The molecule has 0 spiro atoms. The molecule has 6 nitrogen and oxygen atoms in total. The maximum atomic E-state index is 14.5. The predicted octanol–water partition coefficient (Wildman–Crippen LogP) is 3.17. The first-order chi connectivity index (χ1) is 14.1. The third kappa shape index (κ3) is 4.86. The van der Waals surface area contributed by atoms with E-state index in [9.17, 15) is 27.9 Å². The maximum Gasteiger partial charge on any atom is 0.256 e. The van der Waals surface area contributed by atoms with Crippen molar-refractivity contribution in [2.75, 3.05) is 25.0 Å². The summed E-state index contributed by atoms with van der Waals surface area (Å²) in [5, 5.41) is 15.5. The Morgan fingerprint density at radius 2 is 1.87 bits per heavy atom. The number of hydrogen-bond donors (Lipinski definition) is 3. The Morgan fingerprint density at radius 1 is 1.17 bits per heavy atom. The van der Waals surface area contributed by atoms with Crippen molar-refractivity contribution in [1.29, 1.82) is 0 Å². The Hall–Kier alpha value is -2.34. The van der Waals surface area contributed by atoms with Crippen molar-refractivity contribution < 1.29 is 27.9 Å². The molecular formula is C20H19F3IN3O3. The first-order valence-electron chi connectivity index (χ1n) is 9.06. The fraction of sp³-hybridized carbons (Fsp3) is 0.300. The summed E-state index contributed by atoms with van der Waals surface area (Å²) in [5.74, 6) is -4.03. The van der Waals surface area contributed by atoms with Gasteiger partial charge in [0.25, 0.3) is 5.91 Å². The molecule has 30 heavy (non-hydrogen) atoms. The summed E-state index contributed by atoms with van der Waals surface area (Å²) in [7, 11) is 0. The van der Waals surface area contributed by atoms with Crippen LogP contribution in [0.1, 0.15) is 23.7 Å². The largest absolute Gasteiger partial charge is 0.386 e. The Balaban J connectivity index is 1.79. The van der Waals surface area contributed by atoms with Crippen LogP contribution in [-0.4, -0.2) is 47.1 Å². The molecule has 1 aliphatic heterocycles. The van der Waals surface area contributed by atoms with Crippen molar-refractivity contribution in [2.45, 2.75) is 18.9 Å². The van der Waals surface area contributed by atoms with E-state index in [1.807, 2.05) is 22.6 Å². The molecule has 3 rings (SSSR count). The molecule has 0 radical (unpaired) electrons. The first kappa shape index (κ1) is 22.3. The van der Waals surface area contributed by atoms with Crippen LogP contribution in [0.25, 0.3) is 0 Å². The molecule has 2 aromatic carbocycles. The van der Waals surface area contributed by atoms with Crippen LogP contribution in [-0.2, 0) is 4.79 Å². The van der Waals surface area contributed by atoms with Crippen LogP contribution in [0.15, 0.2) is 30.3 Å². The van der Waals surface area contributed by atoms with E-state index in [2.05, 4.69) is 10.6 Å². The van der Waals surface area contributed by atoms with E-state index in [-0.39, 0.29) is 43.2 Å². The number of nitrogens with one attached hydrogen (secondary N) is 2. The minimum atomic E-state index is -1.31. The molecule has 1 saturated heterocycles. The van der Waals surface area contributed by atoms with Gasteiger partial charge in [0.15, 0.2) is 11.6 Å². The molecule has 2 aromatic rings. The number of aliphatic hydroxyl groups is 1. The number of β-amino-alcohol motifs (C(OH)–C–C–N with tert-alkyl or cyclic N) is 1. The molecule has 0 unspecified atom stereocenters. The van der Waals surface area contributed by atoms with Crippen LogP contribution in [0.3, 0.4) is 0 Å². The zero-order valence-corrected chi connectivity index (χ0v) is 18.1. The standard InChI is InChI=1S/C20H19F3IN3O3/c1-11(28)25-7-6-20(30)9-27(10-20)19(29)13-3-4-14(21)17(23)18(13)26-16-5-2-12(24)8-15(16)22/h2-5,8,26,30H,6-7,9-10H2,1H3,(H,25,28). The Kier molecular flexibility index (Phi) is 6.56. The van der Waals surface area contributed by atoms with Crippen molar-refractivity contribution in [3.8, 4) is 0 Å². The molecule has 0 bridgehead atoms. The second kappa shape index (κ2) is 8.80. The molecule has 1 aliphatic rings. The van der Waals surface area contributed by atoms with Gasteiger partial charge in [0.05, 0.1) is 30.0 Å². The van der Waals surface area contributed by atoms with Gasteiger partial charge in [-0.25, -0.2) is 13.2 Å². The van der Waals surface area contributed by atoms with Gasteiger partial charge >= 0.3 is 0 Å². The summed E-state index contributed by atoms with van der Waals surface area (Å²) >= 11 is 1.91. The second-order valence-electron chi connectivity index (χ2n) is 7.15. The number of likely N-dealkylation sites (tertiary alicyclic amines) is 1. The molecule has 3 N–H and O–H groups in total. The highest BCUT2D eigenvalue weighted by atomic mass is 127. The molecule has 1 fully saturated rings. The molecule has 10 heteroatoms. The highest BCUT2D eigenvalue weighted by molar-refractivity contribution is 14.1. The van der Waals surface area contributed by atoms with E-state index in [4.69, 9.17) is 0 Å². The van der Waals surface area contributed by atoms with Gasteiger partial charge in [-0.15, -0.1) is 0 Å². The van der Waals surface area contributed by atoms with Gasteiger partial charge in [-0.2, -0.15) is 0 Å². The van der Waals surface area contributed by atoms with E-state index >= 15 is 0 Å². The number of amides is 2. The third-order valence-electron chi connectivity index (χ3n) is 4.74. The number of benzene rings is 2. The van der Waals surface area contributed by atoms with Crippen LogP contribution in [0.4, 0.5) is 24.5 Å². The molecule has 2 amide bonds. The van der Waals surface area contributed by atoms with Crippen LogP contribution < -0.4 is 10.6 Å². The predicted molar refractivity (Wildman–Crippen MR) is 113 cm³/mol. The molecule has 0 saturated carbocycles. The van der Waals surface area contributed by atoms with Gasteiger partial charge in [0.1, 0.15) is 11.4 Å².